The highest BCUT2D eigenvalue weighted by Gasteiger charge is 2.30. The van der Waals surface area contributed by atoms with E-state index in [1.54, 1.807) is 0 Å². The van der Waals surface area contributed by atoms with Crippen LogP contribution >= 0.6 is 0 Å². The number of carbonyl (C=O) groups is 1. The minimum absolute atomic E-state index is 0.0848. The second-order valence-electron chi connectivity index (χ2n) is 4.56. The molecule has 0 unspecified atom stereocenters. The molecule has 0 saturated carbocycles. The van der Waals surface area contributed by atoms with Crippen LogP contribution in [0.3, 0.4) is 0 Å². The summed E-state index contributed by atoms with van der Waals surface area (Å²) in [5, 5.41) is 37.3. The van der Waals surface area contributed by atoms with Crippen molar-refractivity contribution in [1.82, 2.24) is 15.3 Å². The van der Waals surface area contributed by atoms with Gasteiger partial charge in [-0.2, -0.15) is 9.45 Å². The molecule has 24 heavy (non-hydrogen) atoms. The summed E-state index contributed by atoms with van der Waals surface area (Å²) in [6.45, 7) is 0. The van der Waals surface area contributed by atoms with Gasteiger partial charge in [-0.1, -0.05) is 6.08 Å². The average Bonchev–Trinajstić information content (AvgIpc) is 3.02. The fourth-order valence-electron chi connectivity index (χ4n) is 1.94. The van der Waals surface area contributed by atoms with Gasteiger partial charge in [0.1, 0.15) is 5.70 Å². The maximum Gasteiger partial charge on any atom is 0.321 e. The van der Waals surface area contributed by atoms with Gasteiger partial charge >= 0.3 is 5.70 Å². The van der Waals surface area contributed by atoms with E-state index in [9.17, 15) is 29.6 Å². The van der Waals surface area contributed by atoms with Crippen molar-refractivity contribution < 1.29 is 28.8 Å². The smallest absolute Gasteiger partial charge is 0.321 e. The Kier molecular flexibility index (Phi) is 3.54. The van der Waals surface area contributed by atoms with E-state index in [0.29, 0.717) is 0 Å². The lowest BCUT2D eigenvalue weighted by atomic mass is 10.1. The van der Waals surface area contributed by atoms with Crippen LogP contribution in [0.5, 0.6) is 0 Å². The number of allylic oxidation sites excluding steroid dienone is 4. The predicted octanol–water partition coefficient (Wildman–Crippen LogP) is -0.414. The number of Topliss-reactive ketones (excluding diaryl/α,β-unsaturated/α-hetero) is 1. The maximum absolute atomic E-state index is 13.3. The zero-order valence-electron chi connectivity index (χ0n) is 11.6. The van der Waals surface area contributed by atoms with E-state index >= 15 is 0 Å². The zero-order valence-corrected chi connectivity index (χ0v) is 11.6. The Bertz CT molecular complexity index is 1000. The van der Waals surface area contributed by atoms with Crippen LogP contribution in [0.25, 0.3) is 11.3 Å². The van der Waals surface area contributed by atoms with Gasteiger partial charge in [0.2, 0.25) is 11.5 Å². The summed E-state index contributed by atoms with van der Waals surface area (Å²) in [4.78, 5) is 21.3. The Balaban J connectivity index is 2.19. The molecule has 11 heteroatoms. The molecule has 1 aliphatic carbocycles. The fraction of sp³-hybridized carbons (Fsp3) is 0. The van der Waals surface area contributed by atoms with Crippen molar-refractivity contribution >= 4 is 17.1 Å². The largest absolute Gasteiger partial charge is 0.504 e. The first-order chi connectivity index (χ1) is 11.4. The molecule has 1 aliphatic heterocycles. The van der Waals surface area contributed by atoms with Gasteiger partial charge in [0.05, 0.1) is 4.92 Å². The first kappa shape index (κ1) is 15.3. The second kappa shape index (κ2) is 5.55. The third-order valence-corrected chi connectivity index (χ3v) is 3.06. The molecule has 2 heterocycles. The highest BCUT2D eigenvalue weighted by Crippen LogP contribution is 2.18. The van der Waals surface area contributed by atoms with E-state index in [1.807, 2.05) is 0 Å². The molecule has 0 saturated heterocycles. The van der Waals surface area contributed by atoms with Gasteiger partial charge in [-0.15, -0.1) is 10.2 Å². The van der Waals surface area contributed by atoms with Crippen molar-refractivity contribution in [2.75, 3.05) is 0 Å². The van der Waals surface area contributed by atoms with E-state index in [2.05, 4.69) is 10.2 Å². The minimum Gasteiger partial charge on any atom is -0.504 e. The summed E-state index contributed by atoms with van der Waals surface area (Å²) in [5.41, 5.74) is -1.66. The number of aliphatic hydroxyl groups is 1. The fourth-order valence-corrected chi connectivity index (χ4v) is 1.94. The first-order valence-corrected chi connectivity index (χ1v) is 6.31. The van der Waals surface area contributed by atoms with E-state index < -0.39 is 28.1 Å². The molecule has 0 bridgehead atoms. The average molecular weight is 334 g/mol. The number of hydroxylamine groups is 2. The standard InChI is InChI=1S/C13H7FN4O6/c14-10-3-1-2-7(17(10)21)13-16-15-12(24-13)6-4-8(18(22)23)11(20)9(19)5-6/h1-5,19,21H. The SMILES string of the molecule is O=C1C(O)=CC(=c2nnc(=C3C=CC=C(F)N3O)o2)C=C1[N+](=O)[O-]. The number of halogens is 1. The van der Waals surface area contributed by atoms with Crippen molar-refractivity contribution in [3.8, 4) is 0 Å². The molecule has 10 nitrogen and oxygen atoms in total. The predicted molar refractivity (Wildman–Crippen MR) is 73.1 cm³/mol. The van der Waals surface area contributed by atoms with Crippen LogP contribution in [0.4, 0.5) is 4.39 Å². The molecule has 0 atom stereocenters. The topological polar surface area (TPSA) is 143 Å². The van der Waals surface area contributed by atoms with Crippen molar-refractivity contribution in [3.63, 3.8) is 0 Å². The van der Waals surface area contributed by atoms with E-state index in [0.717, 1.165) is 18.2 Å². The lowest BCUT2D eigenvalue weighted by Crippen LogP contribution is -2.23. The van der Waals surface area contributed by atoms with Gasteiger partial charge in [0.25, 0.3) is 11.3 Å². The van der Waals surface area contributed by atoms with Crippen LogP contribution in [-0.4, -0.2) is 36.3 Å². The first-order valence-electron chi connectivity index (χ1n) is 6.31. The number of ketones is 1. The molecule has 2 aliphatic rings. The van der Waals surface area contributed by atoms with Gasteiger partial charge in [-0.25, -0.2) is 0 Å². The number of hydrogen-bond acceptors (Lipinski definition) is 9. The molecule has 0 radical (unpaired) electrons. The molecule has 0 aromatic carbocycles. The van der Waals surface area contributed by atoms with Gasteiger partial charge < -0.3 is 9.52 Å². The number of aromatic nitrogens is 2. The van der Waals surface area contributed by atoms with E-state index in [1.165, 1.54) is 12.2 Å². The summed E-state index contributed by atoms with van der Waals surface area (Å²) >= 11 is 0. The van der Waals surface area contributed by atoms with E-state index in [-0.39, 0.29) is 27.4 Å². The highest BCUT2D eigenvalue weighted by molar-refractivity contribution is 6.09. The lowest BCUT2D eigenvalue weighted by molar-refractivity contribution is -0.418. The van der Waals surface area contributed by atoms with Gasteiger partial charge in [0.15, 0.2) is 5.76 Å². The molecule has 0 fully saturated rings. The normalized spacial score (nSPS) is 22.2. The van der Waals surface area contributed by atoms with E-state index in [4.69, 9.17) is 4.42 Å². The number of hydrogen-bond donors (Lipinski definition) is 2. The summed E-state index contributed by atoms with van der Waals surface area (Å²) in [6.07, 6.45) is 5.36. The number of aliphatic hydroxyl groups excluding tert-OH is 1. The van der Waals surface area contributed by atoms with Crippen molar-refractivity contribution in [1.29, 1.82) is 0 Å². The number of rotatable bonds is 1. The number of nitrogens with zero attached hydrogens (tertiary/aromatic N) is 4. The minimum atomic E-state index is -1.15. The van der Waals surface area contributed by atoms with Crippen molar-refractivity contribution in [2.24, 2.45) is 0 Å². The summed E-state index contributed by atoms with van der Waals surface area (Å²) < 4.78 is 18.5. The molecule has 3 rings (SSSR count). The third kappa shape index (κ3) is 2.48. The zero-order chi connectivity index (χ0) is 17.4. The Labute approximate surface area is 131 Å². The van der Waals surface area contributed by atoms with Crippen LogP contribution in [-0.2, 0) is 4.79 Å². The molecule has 2 N–H and O–H groups in total. The van der Waals surface area contributed by atoms with Crippen LogP contribution < -0.4 is 11.1 Å². The van der Waals surface area contributed by atoms with Crippen molar-refractivity contribution in [2.45, 2.75) is 0 Å². The third-order valence-electron chi connectivity index (χ3n) is 3.06. The van der Waals surface area contributed by atoms with Crippen LogP contribution in [0.15, 0.2) is 52.2 Å². The summed E-state index contributed by atoms with van der Waals surface area (Å²) in [5.74, 6) is -2.99. The summed E-state index contributed by atoms with van der Waals surface area (Å²) in [6, 6.07) is 0. The lowest BCUT2D eigenvalue weighted by Gasteiger charge is -2.15. The molecular weight excluding hydrogens is 327 g/mol. The molecule has 1 aromatic heterocycles. The Morgan fingerprint density at radius 1 is 1.29 bits per heavy atom. The summed E-state index contributed by atoms with van der Waals surface area (Å²) in [7, 11) is 0. The van der Waals surface area contributed by atoms with Crippen molar-refractivity contribution in [3.05, 3.63) is 69.0 Å². The molecule has 122 valence electrons. The molecular formula is C13H7FN4O6. The molecule has 0 amide bonds. The number of nitro groups is 1. The van der Waals surface area contributed by atoms with Crippen LogP contribution in [0.1, 0.15) is 0 Å². The van der Waals surface area contributed by atoms with Gasteiger partial charge in [-0.3, -0.25) is 20.1 Å². The van der Waals surface area contributed by atoms with Gasteiger partial charge in [-0.05, 0) is 18.2 Å². The second-order valence-corrected chi connectivity index (χ2v) is 4.56. The monoisotopic (exact) mass is 334 g/mol. The Morgan fingerprint density at radius 3 is 2.71 bits per heavy atom. The Morgan fingerprint density at radius 2 is 2.00 bits per heavy atom. The maximum atomic E-state index is 13.3. The van der Waals surface area contributed by atoms with Crippen LogP contribution in [0.2, 0.25) is 0 Å². The highest BCUT2D eigenvalue weighted by atomic mass is 19.1. The Hall–Kier alpha value is -3.60. The number of carbonyl (C=O) groups excluding carboxylic acids is 1. The van der Waals surface area contributed by atoms with Gasteiger partial charge in [0, 0.05) is 11.6 Å². The molecule has 1 aromatic rings. The quantitative estimate of drug-likeness (QED) is 0.398. The molecule has 0 spiro atoms. The van der Waals surface area contributed by atoms with Crippen LogP contribution in [0, 0.1) is 10.1 Å².